The molecule has 1 radical (unpaired) electrons. The summed E-state index contributed by atoms with van der Waals surface area (Å²) in [5, 5.41) is 3.58. The van der Waals surface area contributed by atoms with Crippen molar-refractivity contribution >= 4 is 6.21 Å². The van der Waals surface area contributed by atoms with Crippen LogP contribution in [0.3, 0.4) is 0 Å². The molecule has 1 aromatic carbocycles. The second-order valence-electron chi connectivity index (χ2n) is 3.22. The van der Waals surface area contributed by atoms with E-state index in [9.17, 15) is 4.39 Å². The highest BCUT2D eigenvalue weighted by molar-refractivity contribution is 5.79. The van der Waals surface area contributed by atoms with Crippen LogP contribution in [0, 0.1) is 5.82 Å². The number of hydrogen-bond acceptors (Lipinski definition) is 2. The molecular weight excluding hydrogens is 193 g/mol. The van der Waals surface area contributed by atoms with Gasteiger partial charge in [-0.15, -0.1) is 0 Å². The van der Waals surface area contributed by atoms with E-state index in [1.807, 2.05) is 0 Å². The minimum Gasteiger partial charge on any atom is -0.395 e. The van der Waals surface area contributed by atoms with Crippen molar-refractivity contribution in [3.8, 4) is 0 Å². The van der Waals surface area contributed by atoms with E-state index in [1.165, 1.54) is 6.07 Å². The SMILES string of the molecule is CCCCCO/N=[C]/c1ccccc1F. The van der Waals surface area contributed by atoms with Crippen molar-refractivity contribution in [1.29, 1.82) is 0 Å². The number of halogens is 1. The molecule has 0 unspecified atom stereocenters. The molecule has 0 atom stereocenters. The highest BCUT2D eigenvalue weighted by Gasteiger charge is 1.96. The molecule has 1 aromatic rings. The van der Waals surface area contributed by atoms with E-state index >= 15 is 0 Å². The summed E-state index contributed by atoms with van der Waals surface area (Å²) in [4.78, 5) is 4.94. The summed E-state index contributed by atoms with van der Waals surface area (Å²) in [5.41, 5.74) is 0.327. The molecule has 0 aliphatic rings. The first-order valence-corrected chi connectivity index (χ1v) is 5.17. The molecule has 0 aliphatic carbocycles. The smallest absolute Gasteiger partial charge is 0.142 e. The van der Waals surface area contributed by atoms with Crippen LogP contribution in [-0.4, -0.2) is 12.8 Å². The minimum absolute atomic E-state index is 0.327. The third-order valence-electron chi connectivity index (χ3n) is 1.94. The zero-order valence-corrected chi connectivity index (χ0v) is 8.87. The van der Waals surface area contributed by atoms with E-state index < -0.39 is 0 Å². The van der Waals surface area contributed by atoms with E-state index in [4.69, 9.17) is 4.84 Å². The van der Waals surface area contributed by atoms with Crippen LogP contribution in [0.5, 0.6) is 0 Å². The molecule has 1 rings (SSSR count). The zero-order valence-electron chi connectivity index (χ0n) is 8.87. The molecule has 0 spiro atoms. The lowest BCUT2D eigenvalue weighted by atomic mass is 10.2. The summed E-state index contributed by atoms with van der Waals surface area (Å²) in [7, 11) is 0. The van der Waals surface area contributed by atoms with Crippen molar-refractivity contribution in [2.24, 2.45) is 5.16 Å². The first kappa shape index (κ1) is 11.7. The number of unbranched alkanes of at least 4 members (excludes halogenated alkanes) is 2. The number of nitrogens with zero attached hydrogens (tertiary/aromatic N) is 1. The molecular formula is C12H15FNO. The molecule has 0 fully saturated rings. The van der Waals surface area contributed by atoms with Gasteiger partial charge < -0.3 is 4.84 Å². The van der Waals surface area contributed by atoms with Gasteiger partial charge in [-0.05, 0) is 18.6 Å². The minimum atomic E-state index is -0.335. The lowest BCUT2D eigenvalue weighted by Gasteiger charge is -1.97. The molecule has 0 amide bonds. The molecule has 15 heavy (non-hydrogen) atoms. The lowest BCUT2D eigenvalue weighted by molar-refractivity contribution is 0.141. The van der Waals surface area contributed by atoms with E-state index in [-0.39, 0.29) is 5.82 Å². The summed E-state index contributed by atoms with van der Waals surface area (Å²) in [6.07, 6.45) is 5.75. The van der Waals surface area contributed by atoms with Crippen LogP contribution in [0.25, 0.3) is 0 Å². The summed E-state index contributed by atoms with van der Waals surface area (Å²) in [5.74, 6) is -0.335. The Balaban J connectivity index is 2.29. The zero-order chi connectivity index (χ0) is 10.9. The highest BCUT2D eigenvalue weighted by atomic mass is 19.1. The molecule has 0 N–H and O–H groups in total. The molecule has 0 saturated carbocycles. The summed E-state index contributed by atoms with van der Waals surface area (Å²) in [6, 6.07) is 6.34. The van der Waals surface area contributed by atoms with Gasteiger partial charge in [0.05, 0.1) is 0 Å². The molecule has 81 valence electrons. The van der Waals surface area contributed by atoms with Crippen molar-refractivity contribution < 1.29 is 9.23 Å². The molecule has 0 aliphatic heterocycles. The average molecular weight is 208 g/mol. The summed E-state index contributed by atoms with van der Waals surface area (Å²) < 4.78 is 13.0. The maximum absolute atomic E-state index is 13.0. The predicted molar refractivity (Wildman–Crippen MR) is 58.4 cm³/mol. The fraction of sp³-hybridized carbons (Fsp3) is 0.417. The van der Waals surface area contributed by atoms with Crippen molar-refractivity contribution in [1.82, 2.24) is 0 Å². The van der Waals surface area contributed by atoms with Crippen LogP contribution in [-0.2, 0) is 4.84 Å². The van der Waals surface area contributed by atoms with E-state index in [1.54, 1.807) is 18.2 Å². The maximum Gasteiger partial charge on any atom is 0.142 e. The Kier molecular flexibility index (Phi) is 5.44. The fourth-order valence-electron chi connectivity index (χ4n) is 1.10. The predicted octanol–water partition coefficient (Wildman–Crippen LogP) is 3.24. The Hall–Kier alpha value is -1.38. The van der Waals surface area contributed by atoms with Crippen LogP contribution in [0.1, 0.15) is 31.7 Å². The van der Waals surface area contributed by atoms with Gasteiger partial charge in [0.1, 0.15) is 18.6 Å². The molecule has 0 heterocycles. The molecule has 2 nitrogen and oxygen atoms in total. The van der Waals surface area contributed by atoms with Gasteiger partial charge in [-0.2, -0.15) is 0 Å². The van der Waals surface area contributed by atoms with Crippen LogP contribution < -0.4 is 0 Å². The molecule has 3 heteroatoms. The van der Waals surface area contributed by atoms with Gasteiger partial charge in [0.25, 0.3) is 0 Å². The van der Waals surface area contributed by atoms with Crippen LogP contribution in [0.4, 0.5) is 4.39 Å². The van der Waals surface area contributed by atoms with Crippen LogP contribution in [0.2, 0.25) is 0 Å². The van der Waals surface area contributed by atoms with Crippen LogP contribution in [0.15, 0.2) is 29.4 Å². The monoisotopic (exact) mass is 208 g/mol. The van der Waals surface area contributed by atoms with Gasteiger partial charge in [-0.25, -0.2) is 4.39 Å². The molecule has 0 saturated heterocycles. The van der Waals surface area contributed by atoms with Gasteiger partial charge in [-0.1, -0.05) is 37.1 Å². The summed E-state index contributed by atoms with van der Waals surface area (Å²) in [6.45, 7) is 2.68. The fourth-order valence-corrected chi connectivity index (χ4v) is 1.10. The van der Waals surface area contributed by atoms with E-state index in [0.717, 1.165) is 19.3 Å². The Labute approximate surface area is 89.7 Å². The normalized spacial score (nSPS) is 10.8. The Morgan fingerprint density at radius 3 is 2.87 bits per heavy atom. The number of rotatable bonds is 6. The third kappa shape index (κ3) is 4.58. The maximum atomic E-state index is 13.0. The first-order chi connectivity index (χ1) is 7.34. The van der Waals surface area contributed by atoms with Crippen molar-refractivity contribution in [3.63, 3.8) is 0 Å². The second kappa shape index (κ2) is 6.98. The van der Waals surface area contributed by atoms with E-state index in [0.29, 0.717) is 12.2 Å². The van der Waals surface area contributed by atoms with Crippen molar-refractivity contribution in [3.05, 3.63) is 35.6 Å². The molecule has 0 aromatic heterocycles. The topological polar surface area (TPSA) is 21.6 Å². The van der Waals surface area contributed by atoms with Crippen LogP contribution >= 0.6 is 0 Å². The Morgan fingerprint density at radius 1 is 1.33 bits per heavy atom. The van der Waals surface area contributed by atoms with Gasteiger partial charge >= 0.3 is 0 Å². The Morgan fingerprint density at radius 2 is 2.13 bits per heavy atom. The quantitative estimate of drug-likeness (QED) is 0.399. The van der Waals surface area contributed by atoms with Crippen molar-refractivity contribution in [2.45, 2.75) is 26.2 Å². The summed E-state index contributed by atoms with van der Waals surface area (Å²) >= 11 is 0. The third-order valence-corrected chi connectivity index (χ3v) is 1.94. The van der Waals surface area contributed by atoms with E-state index in [2.05, 4.69) is 18.3 Å². The standard InChI is InChI=1S/C12H15FNO/c1-2-3-6-9-15-14-10-11-7-4-5-8-12(11)13/h4-5,7-8H,2-3,6,9H2,1H3. The molecule has 0 bridgehead atoms. The highest BCUT2D eigenvalue weighted by Crippen LogP contribution is 2.03. The second-order valence-corrected chi connectivity index (χ2v) is 3.22. The average Bonchev–Trinajstić information content (AvgIpc) is 2.25. The van der Waals surface area contributed by atoms with Crippen molar-refractivity contribution in [2.75, 3.05) is 6.61 Å². The lowest BCUT2D eigenvalue weighted by Crippen LogP contribution is -1.91. The first-order valence-electron chi connectivity index (χ1n) is 5.17. The van der Waals surface area contributed by atoms with Gasteiger partial charge in [0.2, 0.25) is 0 Å². The number of benzene rings is 1. The Bertz CT molecular complexity index is 312. The largest absolute Gasteiger partial charge is 0.395 e. The van der Waals surface area contributed by atoms with Gasteiger partial charge in [0.15, 0.2) is 0 Å². The van der Waals surface area contributed by atoms with Gasteiger partial charge in [0, 0.05) is 5.56 Å². The van der Waals surface area contributed by atoms with Gasteiger partial charge in [-0.3, -0.25) is 0 Å². The number of hydrogen-bond donors (Lipinski definition) is 0.